The van der Waals surface area contributed by atoms with Crippen LogP contribution in [0.15, 0.2) is 12.7 Å². The summed E-state index contributed by atoms with van der Waals surface area (Å²) >= 11 is 0. The first-order valence-corrected chi connectivity index (χ1v) is 5.35. The van der Waals surface area contributed by atoms with E-state index < -0.39 is 30.0 Å². The SMILES string of the molecule is C=CC(=O)O[B]C(CO)OC(=O)C(C)(C)CC. The molecule has 1 atom stereocenters. The summed E-state index contributed by atoms with van der Waals surface area (Å²) < 4.78 is 9.57. The van der Waals surface area contributed by atoms with Crippen LogP contribution in [0.5, 0.6) is 0 Å². The fourth-order valence-electron chi connectivity index (χ4n) is 0.740. The Morgan fingerprint density at radius 2 is 2.12 bits per heavy atom. The molecule has 0 aromatic heterocycles. The summed E-state index contributed by atoms with van der Waals surface area (Å²) in [4.78, 5) is 22.4. The predicted octanol–water partition coefficient (Wildman–Crippen LogP) is 0.633. The standard InChI is InChI=1S/C11H18BO5/c1-5-9(14)17-12-8(7-13)16-10(15)11(3,4)6-2/h5,8,13H,1,6-7H2,2-4H3. The number of hydrogen-bond acceptors (Lipinski definition) is 5. The van der Waals surface area contributed by atoms with E-state index in [0.29, 0.717) is 6.42 Å². The lowest BCUT2D eigenvalue weighted by Crippen LogP contribution is -2.36. The van der Waals surface area contributed by atoms with Crippen molar-refractivity contribution in [2.75, 3.05) is 6.61 Å². The maximum Gasteiger partial charge on any atom is 0.421 e. The molecule has 0 aromatic rings. The number of rotatable bonds is 7. The largest absolute Gasteiger partial charge is 0.531 e. The fourth-order valence-corrected chi connectivity index (χ4v) is 0.740. The molecule has 95 valence electrons. The Hall–Kier alpha value is -1.30. The molecule has 0 amide bonds. The number of aliphatic hydroxyl groups is 1. The maximum atomic E-state index is 11.7. The zero-order valence-corrected chi connectivity index (χ0v) is 10.4. The van der Waals surface area contributed by atoms with Crippen LogP contribution in [0.3, 0.4) is 0 Å². The van der Waals surface area contributed by atoms with Crippen molar-refractivity contribution in [3.8, 4) is 0 Å². The van der Waals surface area contributed by atoms with Crippen molar-refractivity contribution in [3.63, 3.8) is 0 Å². The molecular weight excluding hydrogens is 223 g/mol. The smallest absolute Gasteiger partial charge is 0.421 e. The van der Waals surface area contributed by atoms with E-state index in [1.807, 2.05) is 6.92 Å². The van der Waals surface area contributed by atoms with Crippen LogP contribution in [0.4, 0.5) is 0 Å². The summed E-state index contributed by atoms with van der Waals surface area (Å²) in [5, 5.41) is 8.97. The molecule has 0 fully saturated rings. The Morgan fingerprint density at radius 3 is 2.53 bits per heavy atom. The number of ether oxygens (including phenoxy) is 1. The summed E-state index contributed by atoms with van der Waals surface area (Å²) in [6.45, 7) is 8.09. The highest BCUT2D eigenvalue weighted by Gasteiger charge is 2.30. The second kappa shape index (κ2) is 7.11. The van der Waals surface area contributed by atoms with Crippen molar-refractivity contribution < 1.29 is 24.1 Å². The third-order valence-corrected chi connectivity index (χ3v) is 2.38. The van der Waals surface area contributed by atoms with E-state index in [-0.39, 0.29) is 0 Å². The predicted molar refractivity (Wildman–Crippen MR) is 63.1 cm³/mol. The van der Waals surface area contributed by atoms with E-state index in [2.05, 4.69) is 11.2 Å². The Kier molecular flexibility index (Phi) is 6.57. The van der Waals surface area contributed by atoms with Crippen molar-refractivity contribution in [2.24, 2.45) is 5.41 Å². The zero-order chi connectivity index (χ0) is 13.5. The van der Waals surface area contributed by atoms with Gasteiger partial charge in [0.1, 0.15) is 6.00 Å². The molecule has 0 rings (SSSR count). The third-order valence-electron chi connectivity index (χ3n) is 2.38. The first-order chi connectivity index (χ1) is 7.87. The molecule has 0 spiro atoms. The highest BCUT2D eigenvalue weighted by Crippen LogP contribution is 2.22. The summed E-state index contributed by atoms with van der Waals surface area (Å²) in [5.41, 5.74) is -0.635. The lowest BCUT2D eigenvalue weighted by molar-refractivity contribution is -0.158. The average Bonchev–Trinajstić information content (AvgIpc) is 2.33. The minimum Gasteiger partial charge on any atom is -0.531 e. The topological polar surface area (TPSA) is 72.8 Å². The lowest BCUT2D eigenvalue weighted by Gasteiger charge is -2.23. The molecule has 0 aromatic carbocycles. The molecule has 0 saturated carbocycles. The Bertz CT molecular complexity index is 288. The monoisotopic (exact) mass is 241 g/mol. The molecule has 0 aliphatic carbocycles. The Labute approximate surface area is 102 Å². The number of esters is 1. The van der Waals surface area contributed by atoms with Gasteiger partial charge in [-0.1, -0.05) is 13.5 Å². The van der Waals surface area contributed by atoms with Crippen LogP contribution >= 0.6 is 0 Å². The second-order valence-electron chi connectivity index (χ2n) is 4.14. The summed E-state index contributed by atoms with van der Waals surface area (Å²) in [6.07, 6.45) is 1.58. The molecule has 17 heavy (non-hydrogen) atoms. The first kappa shape index (κ1) is 15.7. The highest BCUT2D eigenvalue weighted by atomic mass is 16.6. The van der Waals surface area contributed by atoms with Gasteiger partial charge in [-0.25, -0.2) is 4.79 Å². The Morgan fingerprint density at radius 1 is 1.53 bits per heavy atom. The molecule has 1 radical (unpaired) electrons. The van der Waals surface area contributed by atoms with Gasteiger partial charge >= 0.3 is 19.4 Å². The van der Waals surface area contributed by atoms with E-state index in [0.717, 1.165) is 13.6 Å². The van der Waals surface area contributed by atoms with Crippen LogP contribution in [0.2, 0.25) is 0 Å². The van der Waals surface area contributed by atoms with Gasteiger partial charge in [0, 0.05) is 6.08 Å². The van der Waals surface area contributed by atoms with Gasteiger partial charge in [0.2, 0.25) is 0 Å². The molecule has 0 bridgehead atoms. The summed E-state index contributed by atoms with van der Waals surface area (Å²) in [5.74, 6) is -1.13. The van der Waals surface area contributed by atoms with Crippen LogP contribution in [-0.4, -0.2) is 37.1 Å². The molecule has 1 N–H and O–H groups in total. The summed E-state index contributed by atoms with van der Waals surface area (Å²) in [7, 11) is 0.980. The average molecular weight is 241 g/mol. The van der Waals surface area contributed by atoms with Gasteiger partial charge in [0.25, 0.3) is 0 Å². The van der Waals surface area contributed by atoms with Crippen LogP contribution in [0, 0.1) is 5.41 Å². The number of hydrogen-bond donors (Lipinski definition) is 1. The minimum atomic E-state index is -0.961. The van der Waals surface area contributed by atoms with Crippen molar-refractivity contribution in [1.29, 1.82) is 0 Å². The molecular formula is C11H18BO5. The van der Waals surface area contributed by atoms with E-state index >= 15 is 0 Å². The van der Waals surface area contributed by atoms with Crippen LogP contribution in [0.25, 0.3) is 0 Å². The second-order valence-corrected chi connectivity index (χ2v) is 4.14. The normalized spacial score (nSPS) is 12.5. The van der Waals surface area contributed by atoms with Crippen molar-refractivity contribution >= 4 is 19.4 Å². The van der Waals surface area contributed by atoms with Crippen LogP contribution in [0.1, 0.15) is 27.2 Å². The van der Waals surface area contributed by atoms with Crippen molar-refractivity contribution in [3.05, 3.63) is 12.7 Å². The van der Waals surface area contributed by atoms with Gasteiger partial charge in [-0.2, -0.15) is 0 Å². The van der Waals surface area contributed by atoms with Gasteiger partial charge in [-0.05, 0) is 20.3 Å². The van der Waals surface area contributed by atoms with Crippen molar-refractivity contribution in [2.45, 2.75) is 33.2 Å². The van der Waals surface area contributed by atoms with E-state index in [1.165, 1.54) is 0 Å². The lowest BCUT2D eigenvalue weighted by atomic mass is 9.88. The molecule has 0 heterocycles. The van der Waals surface area contributed by atoms with Gasteiger partial charge in [-0.15, -0.1) is 0 Å². The molecule has 1 unspecified atom stereocenters. The molecule has 0 aliphatic heterocycles. The molecule has 0 saturated heterocycles. The number of carbonyl (C=O) groups is 2. The summed E-state index contributed by atoms with van der Waals surface area (Å²) in [6, 6.07) is -0.961. The molecule has 0 aliphatic rings. The van der Waals surface area contributed by atoms with Gasteiger partial charge in [0.15, 0.2) is 0 Å². The third kappa shape index (κ3) is 5.54. The van der Waals surface area contributed by atoms with Gasteiger partial charge < -0.3 is 14.5 Å². The van der Waals surface area contributed by atoms with Crippen LogP contribution in [-0.2, 0) is 19.0 Å². The Balaban J connectivity index is 4.26. The molecule has 6 heteroatoms. The molecule has 5 nitrogen and oxygen atoms in total. The minimum absolute atomic E-state index is 0.448. The fraction of sp³-hybridized carbons (Fsp3) is 0.636. The number of carbonyl (C=O) groups excluding carboxylic acids is 2. The first-order valence-electron chi connectivity index (χ1n) is 5.35. The number of aliphatic hydroxyl groups excluding tert-OH is 1. The van der Waals surface area contributed by atoms with Crippen LogP contribution < -0.4 is 0 Å². The zero-order valence-electron chi connectivity index (χ0n) is 10.4. The maximum absolute atomic E-state index is 11.7. The van der Waals surface area contributed by atoms with Gasteiger partial charge in [-0.3, -0.25) is 4.79 Å². The highest BCUT2D eigenvalue weighted by molar-refractivity contribution is 6.33. The van der Waals surface area contributed by atoms with E-state index in [1.54, 1.807) is 13.8 Å². The van der Waals surface area contributed by atoms with Crippen molar-refractivity contribution in [1.82, 2.24) is 0 Å². The quantitative estimate of drug-likeness (QED) is 0.402. The van der Waals surface area contributed by atoms with E-state index in [9.17, 15) is 9.59 Å². The van der Waals surface area contributed by atoms with E-state index in [4.69, 9.17) is 9.84 Å². The van der Waals surface area contributed by atoms with Gasteiger partial charge in [0.05, 0.1) is 12.0 Å².